The second-order valence-electron chi connectivity index (χ2n) is 3.87. The summed E-state index contributed by atoms with van der Waals surface area (Å²) in [6.07, 6.45) is 0. The first-order valence-corrected chi connectivity index (χ1v) is 7.53. The number of carboxylic acid groups (broad SMARTS) is 1. The molecule has 6 nitrogen and oxygen atoms in total. The van der Waals surface area contributed by atoms with E-state index in [4.69, 9.17) is 9.84 Å². The van der Waals surface area contributed by atoms with Crippen molar-refractivity contribution in [3.63, 3.8) is 0 Å². The van der Waals surface area contributed by atoms with Gasteiger partial charge in [-0.3, -0.25) is 0 Å². The van der Waals surface area contributed by atoms with Crippen LogP contribution in [0.3, 0.4) is 0 Å². The first-order valence-electron chi connectivity index (χ1n) is 5.17. The minimum atomic E-state index is -3.64. The van der Waals surface area contributed by atoms with Crippen molar-refractivity contribution in [1.82, 2.24) is 4.72 Å². The van der Waals surface area contributed by atoms with Crippen molar-refractivity contribution in [1.29, 1.82) is 0 Å². The van der Waals surface area contributed by atoms with Gasteiger partial charge in [0.1, 0.15) is 4.21 Å². The molecule has 1 aromatic rings. The first-order chi connectivity index (χ1) is 8.36. The minimum absolute atomic E-state index is 0.00418. The number of carboxylic acids is 1. The van der Waals surface area contributed by atoms with E-state index < -0.39 is 16.0 Å². The van der Waals surface area contributed by atoms with E-state index in [1.165, 1.54) is 5.38 Å². The van der Waals surface area contributed by atoms with Gasteiger partial charge in [-0.1, -0.05) is 6.92 Å². The van der Waals surface area contributed by atoms with Crippen molar-refractivity contribution in [3.05, 3.63) is 17.0 Å². The van der Waals surface area contributed by atoms with E-state index in [0.717, 1.165) is 17.4 Å². The number of sulfonamides is 1. The molecule has 0 aromatic carbocycles. The summed E-state index contributed by atoms with van der Waals surface area (Å²) in [4.78, 5) is 10.7. The van der Waals surface area contributed by atoms with Gasteiger partial charge in [-0.05, 0) is 12.0 Å². The third-order valence-electron chi connectivity index (χ3n) is 2.16. The normalized spacial score (nSPS) is 13.4. The topological polar surface area (TPSA) is 92.7 Å². The lowest BCUT2D eigenvalue weighted by atomic mass is 10.2. The molecule has 1 atom stereocenters. The molecule has 1 heterocycles. The highest BCUT2D eigenvalue weighted by molar-refractivity contribution is 7.91. The van der Waals surface area contributed by atoms with Gasteiger partial charge in [0.05, 0.1) is 5.56 Å². The molecule has 1 aromatic heterocycles. The Morgan fingerprint density at radius 1 is 1.61 bits per heavy atom. The van der Waals surface area contributed by atoms with Crippen LogP contribution >= 0.6 is 11.3 Å². The predicted octanol–water partition coefficient (Wildman–Crippen LogP) is 1.01. The Labute approximate surface area is 110 Å². The largest absolute Gasteiger partial charge is 0.478 e. The Bertz CT molecular complexity index is 508. The van der Waals surface area contributed by atoms with E-state index in [-0.39, 0.29) is 22.2 Å². The van der Waals surface area contributed by atoms with E-state index in [9.17, 15) is 13.2 Å². The minimum Gasteiger partial charge on any atom is -0.478 e. The van der Waals surface area contributed by atoms with Crippen molar-refractivity contribution in [2.75, 3.05) is 20.3 Å². The number of aromatic carboxylic acids is 1. The molecule has 8 heteroatoms. The number of rotatable bonds is 7. The van der Waals surface area contributed by atoms with Gasteiger partial charge in [0.2, 0.25) is 10.0 Å². The molecule has 0 spiro atoms. The maximum atomic E-state index is 11.8. The first kappa shape index (κ1) is 15.1. The van der Waals surface area contributed by atoms with Crippen LogP contribution < -0.4 is 4.72 Å². The standard InChI is InChI=1S/C10H15NO5S2/c1-7(5-16-2)4-11-18(14,15)9-3-8(6-17-9)10(12)13/h3,6-7,11H,4-5H2,1-2H3,(H,12,13). The molecule has 102 valence electrons. The van der Waals surface area contributed by atoms with Gasteiger partial charge >= 0.3 is 5.97 Å². The highest BCUT2D eigenvalue weighted by Crippen LogP contribution is 2.20. The van der Waals surface area contributed by atoms with Gasteiger partial charge in [-0.2, -0.15) is 0 Å². The van der Waals surface area contributed by atoms with Gasteiger partial charge in [0, 0.05) is 25.6 Å². The monoisotopic (exact) mass is 293 g/mol. The van der Waals surface area contributed by atoms with Crippen LogP contribution in [-0.2, 0) is 14.8 Å². The molecule has 0 aliphatic carbocycles. The van der Waals surface area contributed by atoms with Gasteiger partial charge in [-0.25, -0.2) is 17.9 Å². The van der Waals surface area contributed by atoms with E-state index in [1.54, 1.807) is 7.11 Å². The SMILES string of the molecule is COCC(C)CNS(=O)(=O)c1cc(C(=O)O)cs1. The maximum Gasteiger partial charge on any atom is 0.336 e. The Hall–Kier alpha value is -0.960. The van der Waals surface area contributed by atoms with Crippen LogP contribution in [0.1, 0.15) is 17.3 Å². The average molecular weight is 293 g/mol. The van der Waals surface area contributed by atoms with Crippen LogP contribution in [-0.4, -0.2) is 39.8 Å². The summed E-state index contributed by atoms with van der Waals surface area (Å²) >= 11 is 0.887. The number of nitrogens with one attached hydrogen (secondary N) is 1. The molecule has 18 heavy (non-hydrogen) atoms. The highest BCUT2D eigenvalue weighted by Gasteiger charge is 2.19. The molecule has 0 amide bonds. The summed E-state index contributed by atoms with van der Waals surface area (Å²) < 4.78 is 31.0. The van der Waals surface area contributed by atoms with Crippen molar-refractivity contribution < 1.29 is 23.1 Å². The van der Waals surface area contributed by atoms with Gasteiger partial charge in [0.15, 0.2) is 0 Å². The van der Waals surface area contributed by atoms with E-state index in [2.05, 4.69) is 4.72 Å². The van der Waals surface area contributed by atoms with E-state index in [1.807, 2.05) is 6.92 Å². The maximum absolute atomic E-state index is 11.8. The second-order valence-corrected chi connectivity index (χ2v) is 6.78. The number of methoxy groups -OCH3 is 1. The van der Waals surface area contributed by atoms with Gasteiger partial charge in [-0.15, -0.1) is 11.3 Å². The second kappa shape index (κ2) is 6.28. The number of hydrogen-bond donors (Lipinski definition) is 2. The fourth-order valence-electron chi connectivity index (χ4n) is 1.24. The van der Waals surface area contributed by atoms with Gasteiger partial charge < -0.3 is 9.84 Å². The Balaban J connectivity index is 2.71. The summed E-state index contributed by atoms with van der Waals surface area (Å²) in [6, 6.07) is 1.15. The molecule has 0 saturated carbocycles. The molecule has 0 radical (unpaired) electrons. The Morgan fingerprint density at radius 2 is 2.28 bits per heavy atom. The zero-order valence-electron chi connectivity index (χ0n) is 10.0. The van der Waals surface area contributed by atoms with Crippen LogP contribution in [0.25, 0.3) is 0 Å². The van der Waals surface area contributed by atoms with Gasteiger partial charge in [0.25, 0.3) is 0 Å². The molecule has 0 bridgehead atoms. The van der Waals surface area contributed by atoms with Crippen molar-refractivity contribution in [2.24, 2.45) is 5.92 Å². The third-order valence-corrected chi connectivity index (χ3v) is 5.02. The Kier molecular flexibility index (Phi) is 5.27. The summed E-state index contributed by atoms with van der Waals surface area (Å²) in [5.41, 5.74) is -0.0229. The van der Waals surface area contributed by atoms with E-state index >= 15 is 0 Å². The molecule has 1 rings (SSSR count). The molecular formula is C10H15NO5S2. The zero-order chi connectivity index (χ0) is 13.8. The number of ether oxygens (including phenoxy) is 1. The van der Waals surface area contributed by atoms with Crippen LogP contribution in [0.5, 0.6) is 0 Å². The molecule has 1 unspecified atom stereocenters. The van der Waals surface area contributed by atoms with E-state index in [0.29, 0.717) is 6.61 Å². The van der Waals surface area contributed by atoms with Crippen LogP contribution in [0.4, 0.5) is 0 Å². The number of carbonyl (C=O) groups is 1. The van der Waals surface area contributed by atoms with Crippen LogP contribution in [0, 0.1) is 5.92 Å². The lowest BCUT2D eigenvalue weighted by Gasteiger charge is -2.10. The molecule has 2 N–H and O–H groups in total. The summed E-state index contributed by atoms with van der Waals surface area (Å²) in [5.74, 6) is -1.09. The average Bonchev–Trinajstić information content (AvgIpc) is 2.77. The van der Waals surface area contributed by atoms with Crippen LogP contribution in [0.15, 0.2) is 15.7 Å². The summed E-state index contributed by atoms with van der Waals surface area (Å²) in [5, 5.41) is 10.0. The third kappa shape index (κ3) is 4.05. The van der Waals surface area contributed by atoms with Crippen molar-refractivity contribution in [3.8, 4) is 0 Å². The molecular weight excluding hydrogens is 278 g/mol. The summed E-state index contributed by atoms with van der Waals surface area (Å²) in [6.45, 7) is 2.55. The van der Waals surface area contributed by atoms with Crippen molar-refractivity contribution >= 4 is 27.3 Å². The van der Waals surface area contributed by atoms with Crippen LogP contribution in [0.2, 0.25) is 0 Å². The summed E-state index contributed by atoms with van der Waals surface area (Å²) in [7, 11) is -2.09. The van der Waals surface area contributed by atoms with Crippen molar-refractivity contribution in [2.45, 2.75) is 11.1 Å². The fraction of sp³-hybridized carbons (Fsp3) is 0.500. The Morgan fingerprint density at radius 3 is 2.78 bits per heavy atom. The lowest BCUT2D eigenvalue weighted by molar-refractivity contribution is 0.0697. The highest BCUT2D eigenvalue weighted by atomic mass is 32.2. The molecule has 0 fully saturated rings. The fourth-order valence-corrected chi connectivity index (χ4v) is 3.60. The molecule has 0 aliphatic rings. The predicted molar refractivity (Wildman–Crippen MR) is 67.5 cm³/mol. The lowest BCUT2D eigenvalue weighted by Crippen LogP contribution is -2.29. The number of hydrogen-bond acceptors (Lipinski definition) is 5. The molecule has 0 saturated heterocycles. The quantitative estimate of drug-likeness (QED) is 0.782. The zero-order valence-corrected chi connectivity index (χ0v) is 11.7. The number of thiophene rings is 1. The smallest absolute Gasteiger partial charge is 0.336 e. The molecule has 0 aliphatic heterocycles.